The summed E-state index contributed by atoms with van der Waals surface area (Å²) in [7, 11) is 1.71. The van der Waals surface area contributed by atoms with E-state index in [0.29, 0.717) is 6.42 Å². The number of piperidine rings is 1. The van der Waals surface area contributed by atoms with E-state index in [2.05, 4.69) is 0 Å². The van der Waals surface area contributed by atoms with Crippen LogP contribution < -0.4 is 0 Å². The molecule has 0 aromatic rings. The standard InChI is InChI=1S/C14H19NO5/c1-18-10-3-5-15-11(6-10)14-7-9(16)2-4-13(14,20-15)8-12(17)19-14/h2,4,9-11,16H,3,5-8H2,1H3/t9-,10-,11-,13+,14+/m0/s1. The van der Waals surface area contributed by atoms with Crippen molar-refractivity contribution in [1.82, 2.24) is 5.06 Å². The minimum atomic E-state index is -0.768. The fourth-order valence-electron chi connectivity index (χ4n) is 4.24. The van der Waals surface area contributed by atoms with Crippen LogP contribution >= 0.6 is 0 Å². The third-order valence-electron chi connectivity index (χ3n) is 5.18. The molecule has 110 valence electrons. The SMILES string of the molecule is CO[C@H]1CCN2O[C@@]34C=C[C@H](O)C[C@@]3(OC(=O)C4)[C@@H]2C1. The molecule has 0 aromatic carbocycles. The highest BCUT2D eigenvalue weighted by molar-refractivity contribution is 5.76. The predicted molar refractivity (Wildman–Crippen MR) is 67.5 cm³/mol. The molecule has 4 aliphatic rings. The summed E-state index contributed by atoms with van der Waals surface area (Å²) in [5.74, 6) is -0.247. The summed E-state index contributed by atoms with van der Waals surface area (Å²) in [5.41, 5.74) is -1.51. The van der Waals surface area contributed by atoms with E-state index >= 15 is 0 Å². The Morgan fingerprint density at radius 1 is 1.55 bits per heavy atom. The van der Waals surface area contributed by atoms with Crippen LogP contribution in [0.25, 0.3) is 0 Å². The summed E-state index contributed by atoms with van der Waals surface area (Å²) in [5, 5.41) is 11.9. The molecule has 6 heteroatoms. The van der Waals surface area contributed by atoms with Crippen LogP contribution in [-0.2, 0) is 19.1 Å². The Labute approximate surface area is 117 Å². The first-order valence-corrected chi connectivity index (χ1v) is 7.16. The van der Waals surface area contributed by atoms with E-state index in [1.807, 2.05) is 11.1 Å². The van der Waals surface area contributed by atoms with Gasteiger partial charge in [0.15, 0.2) is 11.2 Å². The number of methoxy groups -OCH3 is 1. The zero-order valence-corrected chi connectivity index (χ0v) is 11.4. The Morgan fingerprint density at radius 2 is 2.40 bits per heavy atom. The summed E-state index contributed by atoms with van der Waals surface area (Å²) >= 11 is 0. The van der Waals surface area contributed by atoms with Gasteiger partial charge in [0.05, 0.1) is 24.7 Å². The number of esters is 1. The first kappa shape index (κ1) is 12.8. The number of hydrogen-bond donors (Lipinski definition) is 1. The molecule has 20 heavy (non-hydrogen) atoms. The van der Waals surface area contributed by atoms with Crippen LogP contribution in [0.4, 0.5) is 0 Å². The molecule has 0 radical (unpaired) electrons. The lowest BCUT2D eigenvalue weighted by molar-refractivity contribution is -0.206. The maximum absolute atomic E-state index is 11.9. The highest BCUT2D eigenvalue weighted by Crippen LogP contribution is 2.56. The lowest BCUT2D eigenvalue weighted by atomic mass is 9.69. The monoisotopic (exact) mass is 281 g/mol. The number of ether oxygens (including phenoxy) is 2. The number of nitrogens with zero attached hydrogens (tertiary/aromatic N) is 1. The van der Waals surface area contributed by atoms with Crippen LogP contribution in [0.3, 0.4) is 0 Å². The molecule has 0 bridgehead atoms. The van der Waals surface area contributed by atoms with Gasteiger partial charge in [-0.2, -0.15) is 5.06 Å². The van der Waals surface area contributed by atoms with Crippen molar-refractivity contribution >= 4 is 5.97 Å². The van der Waals surface area contributed by atoms with Gasteiger partial charge in [-0.15, -0.1) is 0 Å². The zero-order valence-electron chi connectivity index (χ0n) is 11.4. The molecule has 0 saturated carbocycles. The second kappa shape index (κ2) is 4.04. The highest BCUT2D eigenvalue weighted by Gasteiger charge is 2.73. The molecular weight excluding hydrogens is 262 g/mol. The molecule has 1 N–H and O–H groups in total. The highest BCUT2D eigenvalue weighted by atomic mass is 16.7. The summed E-state index contributed by atoms with van der Waals surface area (Å²) in [6.07, 6.45) is 5.37. The second-order valence-electron chi connectivity index (χ2n) is 6.19. The van der Waals surface area contributed by atoms with Gasteiger partial charge in [0.2, 0.25) is 0 Å². The van der Waals surface area contributed by atoms with Crippen LogP contribution in [0, 0.1) is 0 Å². The number of aliphatic hydroxyl groups is 1. The van der Waals surface area contributed by atoms with Crippen molar-refractivity contribution in [3.05, 3.63) is 12.2 Å². The molecule has 1 aliphatic carbocycles. The van der Waals surface area contributed by atoms with Gasteiger partial charge in [-0.25, -0.2) is 0 Å². The largest absolute Gasteiger partial charge is 0.454 e. The van der Waals surface area contributed by atoms with E-state index in [0.717, 1.165) is 19.4 Å². The smallest absolute Gasteiger partial charge is 0.310 e. The predicted octanol–water partition coefficient (Wildman–Crippen LogP) is 0.156. The zero-order chi connectivity index (χ0) is 14.0. The molecule has 3 saturated heterocycles. The summed E-state index contributed by atoms with van der Waals surface area (Å²) in [6, 6.07) is -0.0488. The molecule has 3 heterocycles. The summed E-state index contributed by atoms with van der Waals surface area (Å²) in [6.45, 7) is 0.758. The van der Waals surface area contributed by atoms with Crippen LogP contribution in [0.2, 0.25) is 0 Å². The first-order valence-electron chi connectivity index (χ1n) is 7.16. The molecule has 0 amide bonds. The number of rotatable bonds is 1. The second-order valence-corrected chi connectivity index (χ2v) is 6.19. The number of fused-ring (bicyclic) bond motifs is 1. The van der Waals surface area contributed by atoms with E-state index in [1.165, 1.54) is 0 Å². The molecule has 5 atom stereocenters. The van der Waals surface area contributed by atoms with Gasteiger partial charge in [-0.3, -0.25) is 9.63 Å². The maximum atomic E-state index is 11.9. The van der Waals surface area contributed by atoms with Gasteiger partial charge in [0.25, 0.3) is 0 Å². The lowest BCUT2D eigenvalue weighted by Gasteiger charge is -2.42. The first-order chi connectivity index (χ1) is 9.58. The topological polar surface area (TPSA) is 68.2 Å². The number of hydroxylamine groups is 2. The third-order valence-corrected chi connectivity index (χ3v) is 5.18. The fraction of sp³-hybridized carbons (Fsp3) is 0.786. The molecule has 3 fully saturated rings. The van der Waals surface area contributed by atoms with E-state index in [4.69, 9.17) is 14.3 Å². The lowest BCUT2D eigenvalue weighted by Crippen LogP contribution is -2.58. The van der Waals surface area contributed by atoms with Crippen LogP contribution in [0.1, 0.15) is 25.7 Å². The number of aliphatic hydroxyl groups excluding tert-OH is 1. The Bertz CT molecular complexity index is 480. The van der Waals surface area contributed by atoms with E-state index in [-0.39, 0.29) is 24.5 Å². The minimum absolute atomic E-state index is 0.0488. The average Bonchev–Trinajstić information content (AvgIpc) is 2.84. The summed E-state index contributed by atoms with van der Waals surface area (Å²) < 4.78 is 11.2. The van der Waals surface area contributed by atoms with Crippen molar-refractivity contribution < 1.29 is 24.2 Å². The average molecular weight is 281 g/mol. The fourth-order valence-corrected chi connectivity index (χ4v) is 4.24. The third kappa shape index (κ3) is 1.45. The van der Waals surface area contributed by atoms with Crippen molar-refractivity contribution in [2.75, 3.05) is 13.7 Å². The minimum Gasteiger partial charge on any atom is -0.454 e. The van der Waals surface area contributed by atoms with Gasteiger partial charge in [-0.1, -0.05) is 6.08 Å². The van der Waals surface area contributed by atoms with Crippen molar-refractivity contribution in [2.24, 2.45) is 0 Å². The van der Waals surface area contributed by atoms with Crippen molar-refractivity contribution in [3.8, 4) is 0 Å². The van der Waals surface area contributed by atoms with Crippen molar-refractivity contribution in [3.63, 3.8) is 0 Å². The van der Waals surface area contributed by atoms with Gasteiger partial charge >= 0.3 is 5.97 Å². The molecule has 0 spiro atoms. The molecule has 0 aromatic heterocycles. The van der Waals surface area contributed by atoms with Gasteiger partial charge in [0, 0.05) is 20.1 Å². The van der Waals surface area contributed by atoms with E-state index < -0.39 is 17.3 Å². The Kier molecular flexibility index (Phi) is 2.58. The van der Waals surface area contributed by atoms with Crippen LogP contribution in [-0.4, -0.2) is 59.2 Å². The van der Waals surface area contributed by atoms with Gasteiger partial charge in [-0.05, 0) is 18.9 Å². The number of carbonyl (C=O) groups excluding carboxylic acids is 1. The van der Waals surface area contributed by atoms with Gasteiger partial charge in [0.1, 0.15) is 0 Å². The number of carbonyl (C=O) groups is 1. The Morgan fingerprint density at radius 3 is 3.20 bits per heavy atom. The summed E-state index contributed by atoms with van der Waals surface area (Å²) in [4.78, 5) is 18.0. The molecule has 4 rings (SSSR count). The quantitative estimate of drug-likeness (QED) is 0.545. The normalized spacial score (nSPS) is 50.5. The van der Waals surface area contributed by atoms with Crippen molar-refractivity contribution in [2.45, 2.75) is 55.1 Å². The van der Waals surface area contributed by atoms with Crippen LogP contribution in [0.15, 0.2) is 12.2 Å². The van der Waals surface area contributed by atoms with E-state index in [9.17, 15) is 9.90 Å². The van der Waals surface area contributed by atoms with Gasteiger partial charge < -0.3 is 14.6 Å². The molecule has 6 nitrogen and oxygen atoms in total. The molecular formula is C14H19NO5. The van der Waals surface area contributed by atoms with Crippen molar-refractivity contribution in [1.29, 1.82) is 0 Å². The number of hydrogen-bond acceptors (Lipinski definition) is 6. The molecule has 0 unspecified atom stereocenters. The molecule has 3 aliphatic heterocycles. The maximum Gasteiger partial charge on any atom is 0.310 e. The Hall–Kier alpha value is -0.950. The Balaban J connectivity index is 1.76. The van der Waals surface area contributed by atoms with E-state index in [1.54, 1.807) is 13.2 Å². The van der Waals surface area contributed by atoms with Crippen LogP contribution in [0.5, 0.6) is 0 Å².